The van der Waals surface area contributed by atoms with Crippen molar-refractivity contribution in [3.63, 3.8) is 0 Å². The molecular weight excluding hydrogens is 280 g/mol. The van der Waals surface area contributed by atoms with Crippen LogP contribution in [-0.4, -0.2) is 42.7 Å². The zero-order valence-corrected chi connectivity index (χ0v) is 12.1. The van der Waals surface area contributed by atoms with Crippen molar-refractivity contribution in [3.8, 4) is 0 Å². The molecule has 1 fully saturated rings. The van der Waals surface area contributed by atoms with Crippen LogP contribution in [0.15, 0.2) is 23.2 Å². The second-order valence-electron chi connectivity index (χ2n) is 4.80. The summed E-state index contributed by atoms with van der Waals surface area (Å²) in [5.74, 6) is 0.197. The zero-order chi connectivity index (χ0) is 14.8. The van der Waals surface area contributed by atoms with Crippen LogP contribution < -0.4 is 11.1 Å². The van der Waals surface area contributed by atoms with Gasteiger partial charge in [0.05, 0.1) is 0 Å². The van der Waals surface area contributed by atoms with Crippen LogP contribution in [0.25, 0.3) is 0 Å². The Kier molecular flexibility index (Phi) is 4.24. The largest absolute Gasteiger partial charge is 0.384 e. The molecule has 0 aliphatic carbocycles. The highest BCUT2D eigenvalue weighted by atomic mass is 32.2. The molecule has 2 rings (SSSR count). The minimum absolute atomic E-state index is 0.0449. The van der Waals surface area contributed by atoms with Crippen LogP contribution in [0.4, 0.5) is 5.82 Å². The Morgan fingerprint density at radius 2 is 2.05 bits per heavy atom. The molecule has 7 nitrogen and oxygen atoms in total. The molecule has 3 N–H and O–H groups in total. The van der Waals surface area contributed by atoms with Crippen LogP contribution in [0.5, 0.6) is 0 Å². The molecule has 0 atom stereocenters. The van der Waals surface area contributed by atoms with Gasteiger partial charge in [-0.2, -0.15) is 4.31 Å². The van der Waals surface area contributed by atoms with Gasteiger partial charge in [-0.05, 0) is 25.0 Å². The molecule has 0 unspecified atom stereocenters. The van der Waals surface area contributed by atoms with E-state index in [2.05, 4.69) is 10.3 Å². The third-order valence-corrected chi connectivity index (χ3v) is 5.14. The normalized spacial score (nSPS) is 17.9. The number of nitrogen functional groups attached to an aromatic ring is 1. The third-order valence-electron chi connectivity index (χ3n) is 3.26. The van der Waals surface area contributed by atoms with Gasteiger partial charge in [-0.25, -0.2) is 13.4 Å². The fraction of sp³-hybridized carbons (Fsp3) is 0.500. The number of hydrogen-bond acceptors (Lipinski definition) is 5. The average molecular weight is 298 g/mol. The van der Waals surface area contributed by atoms with E-state index in [-0.39, 0.29) is 22.7 Å². The molecular formula is C12H18N4O3S. The highest BCUT2D eigenvalue weighted by Gasteiger charge is 2.29. The fourth-order valence-electron chi connectivity index (χ4n) is 2.22. The molecule has 0 radical (unpaired) electrons. The number of sulfonamides is 1. The van der Waals surface area contributed by atoms with Crippen molar-refractivity contribution in [2.24, 2.45) is 0 Å². The lowest BCUT2D eigenvalue weighted by molar-refractivity contribution is -0.119. The molecule has 0 spiro atoms. The quantitative estimate of drug-likeness (QED) is 0.814. The first kappa shape index (κ1) is 14.7. The molecule has 1 aromatic rings. The number of carbonyl (C=O) groups excluding carboxylic acids is 1. The van der Waals surface area contributed by atoms with Crippen molar-refractivity contribution in [3.05, 3.63) is 18.3 Å². The number of piperidine rings is 1. The molecule has 1 aromatic heterocycles. The third kappa shape index (κ3) is 3.26. The molecule has 1 aliphatic heterocycles. The topological polar surface area (TPSA) is 105 Å². The summed E-state index contributed by atoms with van der Waals surface area (Å²) in [6.45, 7) is 2.23. The van der Waals surface area contributed by atoms with Gasteiger partial charge in [0, 0.05) is 32.3 Å². The van der Waals surface area contributed by atoms with Crippen molar-refractivity contribution < 1.29 is 13.2 Å². The summed E-state index contributed by atoms with van der Waals surface area (Å²) in [6, 6.07) is 2.97. The number of anilines is 1. The van der Waals surface area contributed by atoms with Gasteiger partial charge < -0.3 is 11.1 Å². The molecule has 0 bridgehead atoms. The van der Waals surface area contributed by atoms with Gasteiger partial charge in [0.15, 0.2) is 0 Å². The highest BCUT2D eigenvalue weighted by Crippen LogP contribution is 2.20. The van der Waals surface area contributed by atoms with Gasteiger partial charge in [0.2, 0.25) is 15.9 Å². The van der Waals surface area contributed by atoms with Crippen molar-refractivity contribution >= 4 is 21.7 Å². The lowest BCUT2D eigenvalue weighted by atomic mass is 10.1. The van der Waals surface area contributed by atoms with Crippen LogP contribution in [0.3, 0.4) is 0 Å². The Hall–Kier alpha value is -1.67. The number of amides is 1. The SMILES string of the molecule is CC(=O)NC1CCN(S(=O)(=O)c2ccc(N)nc2)CC1. The Labute approximate surface area is 118 Å². The summed E-state index contributed by atoms with van der Waals surface area (Å²) in [7, 11) is -3.53. The highest BCUT2D eigenvalue weighted by molar-refractivity contribution is 7.89. The maximum absolute atomic E-state index is 12.4. The minimum Gasteiger partial charge on any atom is -0.384 e. The number of nitrogens with two attached hydrogens (primary N) is 1. The predicted octanol–water partition coefficient (Wildman–Crippen LogP) is -0.0470. The lowest BCUT2D eigenvalue weighted by Crippen LogP contribution is -2.46. The van der Waals surface area contributed by atoms with Gasteiger partial charge in [-0.15, -0.1) is 0 Å². The van der Waals surface area contributed by atoms with E-state index >= 15 is 0 Å². The van der Waals surface area contributed by atoms with Crippen molar-refractivity contribution in [1.82, 2.24) is 14.6 Å². The smallest absolute Gasteiger partial charge is 0.244 e. The first-order valence-electron chi connectivity index (χ1n) is 6.38. The fourth-order valence-corrected chi connectivity index (χ4v) is 3.64. The Balaban J connectivity index is 2.05. The van der Waals surface area contributed by atoms with E-state index < -0.39 is 10.0 Å². The number of aromatic nitrogens is 1. The molecule has 8 heteroatoms. The summed E-state index contributed by atoms with van der Waals surface area (Å²) in [5.41, 5.74) is 5.45. The van der Waals surface area contributed by atoms with Crippen LogP contribution >= 0.6 is 0 Å². The predicted molar refractivity (Wildman–Crippen MR) is 74.2 cm³/mol. The van der Waals surface area contributed by atoms with Gasteiger partial charge >= 0.3 is 0 Å². The number of rotatable bonds is 3. The Bertz CT molecular complexity index is 577. The second kappa shape index (κ2) is 5.76. The Morgan fingerprint density at radius 3 is 2.55 bits per heavy atom. The van der Waals surface area contributed by atoms with Gasteiger partial charge in [0.25, 0.3) is 0 Å². The van der Waals surface area contributed by atoms with E-state index in [1.807, 2.05) is 0 Å². The van der Waals surface area contributed by atoms with E-state index in [0.29, 0.717) is 25.9 Å². The Morgan fingerprint density at radius 1 is 1.40 bits per heavy atom. The number of hydrogen-bond donors (Lipinski definition) is 2. The maximum Gasteiger partial charge on any atom is 0.244 e. The minimum atomic E-state index is -3.53. The summed E-state index contributed by atoms with van der Waals surface area (Å²) < 4.78 is 26.2. The van der Waals surface area contributed by atoms with Crippen LogP contribution in [0.1, 0.15) is 19.8 Å². The molecule has 1 aliphatic rings. The number of pyridine rings is 1. The number of carbonyl (C=O) groups is 1. The van der Waals surface area contributed by atoms with Crippen LogP contribution in [-0.2, 0) is 14.8 Å². The van der Waals surface area contributed by atoms with E-state index in [9.17, 15) is 13.2 Å². The summed E-state index contributed by atoms with van der Waals surface area (Å²) in [5, 5.41) is 2.81. The molecule has 1 amide bonds. The molecule has 20 heavy (non-hydrogen) atoms. The lowest BCUT2D eigenvalue weighted by Gasteiger charge is -2.31. The summed E-state index contributed by atoms with van der Waals surface area (Å²) in [6.07, 6.45) is 2.49. The maximum atomic E-state index is 12.4. The van der Waals surface area contributed by atoms with Gasteiger partial charge in [0.1, 0.15) is 10.7 Å². The molecule has 0 aromatic carbocycles. The van der Waals surface area contributed by atoms with Gasteiger partial charge in [-0.1, -0.05) is 0 Å². The number of nitrogens with one attached hydrogen (secondary N) is 1. The van der Waals surface area contributed by atoms with E-state index in [4.69, 9.17) is 5.73 Å². The van der Waals surface area contributed by atoms with E-state index in [1.165, 1.54) is 29.6 Å². The van der Waals surface area contributed by atoms with E-state index in [1.54, 1.807) is 0 Å². The molecule has 110 valence electrons. The molecule has 1 saturated heterocycles. The zero-order valence-electron chi connectivity index (χ0n) is 11.2. The molecule has 0 saturated carbocycles. The standard InChI is InChI=1S/C12H18N4O3S/c1-9(17)15-10-4-6-16(7-5-10)20(18,19)11-2-3-12(13)14-8-11/h2-3,8,10H,4-7H2,1H3,(H2,13,14)(H,15,17). The van der Waals surface area contributed by atoms with Crippen LogP contribution in [0.2, 0.25) is 0 Å². The van der Waals surface area contributed by atoms with Crippen molar-refractivity contribution in [2.45, 2.75) is 30.7 Å². The average Bonchev–Trinajstić information content (AvgIpc) is 2.39. The van der Waals surface area contributed by atoms with Crippen molar-refractivity contribution in [2.75, 3.05) is 18.8 Å². The summed E-state index contributed by atoms with van der Waals surface area (Å²) in [4.78, 5) is 14.9. The first-order valence-corrected chi connectivity index (χ1v) is 7.82. The van der Waals surface area contributed by atoms with Gasteiger partial charge in [-0.3, -0.25) is 4.79 Å². The number of nitrogens with zero attached hydrogens (tertiary/aromatic N) is 2. The second-order valence-corrected chi connectivity index (χ2v) is 6.74. The summed E-state index contributed by atoms with van der Waals surface area (Å²) >= 11 is 0. The van der Waals surface area contributed by atoms with E-state index in [0.717, 1.165) is 0 Å². The molecule has 2 heterocycles. The monoisotopic (exact) mass is 298 g/mol. The van der Waals surface area contributed by atoms with Crippen molar-refractivity contribution in [1.29, 1.82) is 0 Å². The first-order chi connectivity index (χ1) is 9.39. The van der Waals surface area contributed by atoms with Crippen LogP contribution in [0, 0.1) is 0 Å².